The van der Waals surface area contributed by atoms with Crippen molar-refractivity contribution in [1.29, 1.82) is 0 Å². The number of carbonyl (C=O) groups is 1. The van der Waals surface area contributed by atoms with E-state index >= 15 is 0 Å². The highest BCUT2D eigenvalue weighted by Gasteiger charge is 2.23. The summed E-state index contributed by atoms with van der Waals surface area (Å²) in [5.74, 6) is 0. The summed E-state index contributed by atoms with van der Waals surface area (Å²) in [4.78, 5) is 17.1. The lowest BCUT2D eigenvalue weighted by Gasteiger charge is -2.13. The van der Waals surface area contributed by atoms with Crippen LogP contribution < -0.4 is 0 Å². The fourth-order valence-electron chi connectivity index (χ4n) is 1.56. The second kappa shape index (κ2) is 3.65. The standard InChI is InChI=1S/C10H12N2O2/c1-2-14-10(13)12-6-8-3-4-11-5-9(8)7-12/h3-5H,2,6-7H2,1H3. The van der Waals surface area contributed by atoms with E-state index in [0.717, 1.165) is 11.1 Å². The van der Waals surface area contributed by atoms with Crippen molar-refractivity contribution in [2.24, 2.45) is 0 Å². The highest BCUT2D eigenvalue weighted by atomic mass is 16.6. The van der Waals surface area contributed by atoms with Crippen molar-refractivity contribution in [2.75, 3.05) is 6.61 Å². The molecule has 4 heteroatoms. The Hall–Kier alpha value is -1.58. The van der Waals surface area contributed by atoms with E-state index in [9.17, 15) is 4.79 Å². The molecule has 0 fully saturated rings. The number of aromatic nitrogens is 1. The third kappa shape index (κ3) is 1.55. The summed E-state index contributed by atoms with van der Waals surface area (Å²) < 4.78 is 4.92. The molecule has 1 aromatic heterocycles. The van der Waals surface area contributed by atoms with Gasteiger partial charge >= 0.3 is 6.09 Å². The predicted molar refractivity (Wildman–Crippen MR) is 50.5 cm³/mol. The number of nitrogens with zero attached hydrogens (tertiary/aromatic N) is 2. The Morgan fingerprint density at radius 1 is 1.57 bits per heavy atom. The normalized spacial score (nSPS) is 13.9. The lowest BCUT2D eigenvalue weighted by Crippen LogP contribution is -2.25. The number of carbonyl (C=O) groups excluding carboxylic acids is 1. The van der Waals surface area contributed by atoms with Gasteiger partial charge in [0.05, 0.1) is 13.2 Å². The smallest absolute Gasteiger partial charge is 0.410 e. The van der Waals surface area contributed by atoms with Gasteiger partial charge in [-0.3, -0.25) is 9.88 Å². The van der Waals surface area contributed by atoms with E-state index in [1.807, 2.05) is 13.0 Å². The van der Waals surface area contributed by atoms with Gasteiger partial charge in [0.1, 0.15) is 0 Å². The Labute approximate surface area is 82.5 Å². The molecule has 0 radical (unpaired) electrons. The van der Waals surface area contributed by atoms with Gasteiger partial charge in [-0.25, -0.2) is 4.79 Å². The first-order valence-electron chi connectivity index (χ1n) is 4.64. The molecule has 2 heterocycles. The van der Waals surface area contributed by atoms with Gasteiger partial charge in [-0.05, 0) is 24.1 Å². The van der Waals surface area contributed by atoms with Crippen molar-refractivity contribution in [3.8, 4) is 0 Å². The Morgan fingerprint density at radius 2 is 2.36 bits per heavy atom. The number of fused-ring (bicyclic) bond motifs is 1. The Kier molecular flexibility index (Phi) is 2.35. The van der Waals surface area contributed by atoms with Gasteiger partial charge in [-0.2, -0.15) is 0 Å². The molecule has 74 valence electrons. The molecule has 14 heavy (non-hydrogen) atoms. The summed E-state index contributed by atoms with van der Waals surface area (Å²) in [7, 11) is 0. The molecular weight excluding hydrogens is 180 g/mol. The van der Waals surface area contributed by atoms with Crippen molar-refractivity contribution >= 4 is 6.09 Å². The van der Waals surface area contributed by atoms with Crippen molar-refractivity contribution in [3.63, 3.8) is 0 Å². The number of ether oxygens (including phenoxy) is 1. The zero-order chi connectivity index (χ0) is 9.97. The average Bonchev–Trinajstić information content (AvgIpc) is 2.61. The van der Waals surface area contributed by atoms with Gasteiger partial charge in [0.15, 0.2) is 0 Å². The van der Waals surface area contributed by atoms with E-state index in [-0.39, 0.29) is 6.09 Å². The van der Waals surface area contributed by atoms with E-state index in [0.29, 0.717) is 19.7 Å². The third-order valence-corrected chi connectivity index (χ3v) is 2.25. The van der Waals surface area contributed by atoms with Crippen LogP contribution in [0.15, 0.2) is 18.5 Å². The quantitative estimate of drug-likeness (QED) is 0.678. The van der Waals surface area contributed by atoms with Crippen LogP contribution in [0.4, 0.5) is 4.79 Å². The SMILES string of the molecule is CCOC(=O)N1Cc2ccncc2C1. The van der Waals surface area contributed by atoms with E-state index < -0.39 is 0 Å². The van der Waals surface area contributed by atoms with Crippen LogP contribution in [0.25, 0.3) is 0 Å². The summed E-state index contributed by atoms with van der Waals surface area (Å²) >= 11 is 0. The summed E-state index contributed by atoms with van der Waals surface area (Å²) in [6.45, 7) is 3.48. The van der Waals surface area contributed by atoms with Crippen LogP contribution in [-0.2, 0) is 17.8 Å². The zero-order valence-electron chi connectivity index (χ0n) is 8.06. The lowest BCUT2D eigenvalue weighted by atomic mass is 10.2. The molecule has 0 N–H and O–H groups in total. The van der Waals surface area contributed by atoms with Crippen molar-refractivity contribution in [3.05, 3.63) is 29.6 Å². The first-order chi connectivity index (χ1) is 6.81. The number of pyridine rings is 1. The van der Waals surface area contributed by atoms with Crippen LogP contribution in [0.3, 0.4) is 0 Å². The third-order valence-electron chi connectivity index (χ3n) is 2.25. The summed E-state index contributed by atoms with van der Waals surface area (Å²) in [6, 6.07) is 1.94. The van der Waals surface area contributed by atoms with Crippen molar-refractivity contribution in [1.82, 2.24) is 9.88 Å². The minimum absolute atomic E-state index is 0.247. The second-order valence-electron chi connectivity index (χ2n) is 3.20. The van der Waals surface area contributed by atoms with Crippen LogP contribution in [0.5, 0.6) is 0 Å². The van der Waals surface area contributed by atoms with Crippen molar-refractivity contribution in [2.45, 2.75) is 20.0 Å². The molecule has 4 nitrogen and oxygen atoms in total. The first-order valence-corrected chi connectivity index (χ1v) is 4.64. The van der Waals surface area contributed by atoms with Gasteiger partial charge in [-0.1, -0.05) is 0 Å². The molecule has 0 unspecified atom stereocenters. The first kappa shape index (κ1) is 8.99. The van der Waals surface area contributed by atoms with E-state index in [1.165, 1.54) is 0 Å². The maximum atomic E-state index is 11.4. The second-order valence-corrected chi connectivity index (χ2v) is 3.20. The van der Waals surface area contributed by atoms with Crippen LogP contribution in [-0.4, -0.2) is 22.6 Å². The molecule has 1 aliphatic rings. The Bertz CT molecular complexity index is 327. The predicted octanol–water partition coefficient (Wildman–Crippen LogP) is 1.55. The number of rotatable bonds is 1. The van der Waals surface area contributed by atoms with Gasteiger partial charge in [-0.15, -0.1) is 0 Å². The summed E-state index contributed by atoms with van der Waals surface area (Å²) in [5, 5.41) is 0. The maximum Gasteiger partial charge on any atom is 0.410 e. The highest BCUT2D eigenvalue weighted by Crippen LogP contribution is 2.21. The van der Waals surface area contributed by atoms with Crippen molar-refractivity contribution < 1.29 is 9.53 Å². The molecule has 0 bridgehead atoms. The minimum Gasteiger partial charge on any atom is -0.450 e. The van der Waals surface area contributed by atoms with Crippen LogP contribution in [0.1, 0.15) is 18.1 Å². The molecule has 0 spiro atoms. The molecule has 0 atom stereocenters. The maximum absolute atomic E-state index is 11.4. The summed E-state index contributed by atoms with van der Waals surface area (Å²) in [6.07, 6.45) is 3.30. The topological polar surface area (TPSA) is 42.4 Å². The number of hydrogen-bond acceptors (Lipinski definition) is 3. The zero-order valence-corrected chi connectivity index (χ0v) is 8.06. The molecular formula is C10H12N2O2. The molecule has 0 saturated heterocycles. The summed E-state index contributed by atoms with van der Waals surface area (Å²) in [5.41, 5.74) is 2.27. The van der Waals surface area contributed by atoms with Gasteiger partial charge in [0.2, 0.25) is 0 Å². The van der Waals surface area contributed by atoms with Crippen LogP contribution in [0.2, 0.25) is 0 Å². The molecule has 0 saturated carbocycles. The lowest BCUT2D eigenvalue weighted by molar-refractivity contribution is 0.106. The van der Waals surface area contributed by atoms with E-state index in [2.05, 4.69) is 4.98 Å². The van der Waals surface area contributed by atoms with Gasteiger partial charge in [0, 0.05) is 18.9 Å². The molecule has 1 amide bonds. The molecule has 0 aromatic carbocycles. The van der Waals surface area contributed by atoms with E-state index in [1.54, 1.807) is 17.3 Å². The minimum atomic E-state index is -0.247. The number of hydrogen-bond donors (Lipinski definition) is 0. The molecule has 1 aromatic rings. The largest absolute Gasteiger partial charge is 0.450 e. The monoisotopic (exact) mass is 192 g/mol. The molecule has 2 rings (SSSR count). The highest BCUT2D eigenvalue weighted by molar-refractivity contribution is 5.68. The fraction of sp³-hybridized carbons (Fsp3) is 0.400. The molecule has 1 aliphatic heterocycles. The average molecular weight is 192 g/mol. The van der Waals surface area contributed by atoms with Crippen LogP contribution in [0, 0.1) is 0 Å². The Morgan fingerprint density at radius 3 is 3.07 bits per heavy atom. The van der Waals surface area contributed by atoms with E-state index in [4.69, 9.17) is 4.74 Å². The number of amides is 1. The van der Waals surface area contributed by atoms with Crippen LogP contribution >= 0.6 is 0 Å². The Balaban J connectivity index is 2.08. The molecule has 0 aliphatic carbocycles. The van der Waals surface area contributed by atoms with Gasteiger partial charge < -0.3 is 4.74 Å². The fourth-order valence-corrected chi connectivity index (χ4v) is 1.56. The van der Waals surface area contributed by atoms with Gasteiger partial charge in [0.25, 0.3) is 0 Å².